The minimum atomic E-state index is 0. The van der Waals surface area contributed by atoms with Crippen molar-refractivity contribution in [2.75, 3.05) is 13.1 Å². The molecule has 0 aromatic heterocycles. The molecule has 0 amide bonds. The topological polar surface area (TPSA) is 12.0 Å². The molecule has 0 atom stereocenters. The van der Waals surface area contributed by atoms with E-state index in [0.717, 1.165) is 13.1 Å². The van der Waals surface area contributed by atoms with Crippen LogP contribution in [0.25, 0.3) is 6.08 Å². The maximum atomic E-state index is 3.37. The van der Waals surface area contributed by atoms with Crippen LogP contribution < -0.4 is 5.32 Å². The summed E-state index contributed by atoms with van der Waals surface area (Å²) < 4.78 is 0. The Morgan fingerprint density at radius 2 is 1.93 bits per heavy atom. The zero-order valence-electron chi connectivity index (χ0n) is 9.28. The van der Waals surface area contributed by atoms with Crippen LogP contribution in [0.15, 0.2) is 36.4 Å². The summed E-state index contributed by atoms with van der Waals surface area (Å²) in [6.07, 6.45) is 6.85. The van der Waals surface area contributed by atoms with Crippen molar-refractivity contribution in [3.05, 3.63) is 42.0 Å². The highest BCUT2D eigenvalue weighted by Gasteiger charge is 1.83. The van der Waals surface area contributed by atoms with Crippen molar-refractivity contribution in [3.8, 4) is 0 Å². The largest absolute Gasteiger partial charge is 0.313 e. The highest BCUT2D eigenvalue weighted by Crippen LogP contribution is 1.99. The van der Waals surface area contributed by atoms with E-state index in [1.54, 1.807) is 0 Å². The Bertz CT molecular complexity index is 256. The maximum absolute atomic E-state index is 3.37. The van der Waals surface area contributed by atoms with Crippen LogP contribution in [0.5, 0.6) is 0 Å². The molecule has 0 saturated carbocycles. The van der Waals surface area contributed by atoms with E-state index in [1.807, 2.05) is 6.07 Å². The van der Waals surface area contributed by atoms with Crippen LogP contribution in [0.2, 0.25) is 0 Å². The molecular weight excluding hydrogens is 206 g/mol. The fourth-order valence-corrected chi connectivity index (χ4v) is 1.25. The Labute approximate surface area is 99.0 Å². The number of rotatable bonds is 6. The first-order chi connectivity index (χ1) is 6.93. The number of nitrogens with one attached hydrogen (secondary N) is 1. The van der Waals surface area contributed by atoms with Gasteiger partial charge in [0, 0.05) is 6.54 Å². The highest BCUT2D eigenvalue weighted by atomic mass is 35.5. The molecular formula is C13H20ClN. The monoisotopic (exact) mass is 225 g/mol. The normalized spacial score (nSPS) is 10.2. The summed E-state index contributed by atoms with van der Waals surface area (Å²) in [6.45, 7) is 4.30. The molecule has 15 heavy (non-hydrogen) atoms. The van der Waals surface area contributed by atoms with Gasteiger partial charge in [0.25, 0.3) is 0 Å². The van der Waals surface area contributed by atoms with Gasteiger partial charge in [-0.15, -0.1) is 12.4 Å². The fraction of sp³-hybridized carbons (Fsp3) is 0.385. The van der Waals surface area contributed by atoms with E-state index in [4.69, 9.17) is 0 Å². The number of benzene rings is 1. The van der Waals surface area contributed by atoms with Gasteiger partial charge in [0.1, 0.15) is 0 Å². The first-order valence-electron chi connectivity index (χ1n) is 5.36. The molecule has 0 aliphatic rings. The van der Waals surface area contributed by atoms with Crippen molar-refractivity contribution in [2.24, 2.45) is 0 Å². The molecule has 84 valence electrons. The average molecular weight is 226 g/mol. The summed E-state index contributed by atoms with van der Waals surface area (Å²) in [7, 11) is 0. The number of unbranched alkanes of at least 4 members (excludes halogenated alkanes) is 1. The summed E-state index contributed by atoms with van der Waals surface area (Å²) in [6, 6.07) is 10.4. The number of halogens is 1. The zero-order valence-corrected chi connectivity index (χ0v) is 10.1. The van der Waals surface area contributed by atoms with E-state index in [9.17, 15) is 0 Å². The summed E-state index contributed by atoms with van der Waals surface area (Å²) in [5.74, 6) is 0. The second kappa shape index (κ2) is 9.75. The van der Waals surface area contributed by atoms with Crippen molar-refractivity contribution in [1.82, 2.24) is 5.32 Å². The molecule has 1 N–H and O–H groups in total. The lowest BCUT2D eigenvalue weighted by molar-refractivity contribution is 0.682. The predicted molar refractivity (Wildman–Crippen MR) is 70.5 cm³/mol. The molecule has 0 unspecified atom stereocenters. The Kier molecular flexibility index (Phi) is 9.24. The van der Waals surface area contributed by atoms with Gasteiger partial charge in [-0.05, 0) is 18.5 Å². The van der Waals surface area contributed by atoms with Crippen molar-refractivity contribution >= 4 is 18.5 Å². The Morgan fingerprint density at radius 1 is 1.20 bits per heavy atom. The molecule has 0 heterocycles. The molecule has 0 fully saturated rings. The fourth-order valence-electron chi connectivity index (χ4n) is 1.25. The van der Waals surface area contributed by atoms with Crippen LogP contribution in [0.4, 0.5) is 0 Å². The minimum absolute atomic E-state index is 0. The van der Waals surface area contributed by atoms with Gasteiger partial charge < -0.3 is 5.32 Å². The van der Waals surface area contributed by atoms with Crippen LogP contribution in [-0.2, 0) is 0 Å². The number of hydrogen-bond acceptors (Lipinski definition) is 1. The highest BCUT2D eigenvalue weighted by molar-refractivity contribution is 5.85. The summed E-state index contributed by atoms with van der Waals surface area (Å²) in [4.78, 5) is 0. The second-order valence-electron chi connectivity index (χ2n) is 3.37. The summed E-state index contributed by atoms with van der Waals surface area (Å²) in [5.41, 5.74) is 1.27. The van der Waals surface area contributed by atoms with Crippen molar-refractivity contribution < 1.29 is 0 Å². The lowest BCUT2D eigenvalue weighted by atomic mass is 10.2. The van der Waals surface area contributed by atoms with Gasteiger partial charge in [-0.3, -0.25) is 0 Å². The molecule has 1 aromatic rings. The molecule has 0 spiro atoms. The maximum Gasteiger partial charge on any atom is 0.0138 e. The van der Waals surface area contributed by atoms with Gasteiger partial charge in [-0.25, -0.2) is 0 Å². The van der Waals surface area contributed by atoms with Crippen molar-refractivity contribution in [1.29, 1.82) is 0 Å². The Morgan fingerprint density at radius 3 is 2.60 bits per heavy atom. The van der Waals surface area contributed by atoms with Gasteiger partial charge in [0.05, 0.1) is 0 Å². The first-order valence-corrected chi connectivity index (χ1v) is 5.36. The summed E-state index contributed by atoms with van der Waals surface area (Å²) in [5, 5.41) is 3.37. The van der Waals surface area contributed by atoms with Crippen molar-refractivity contribution in [3.63, 3.8) is 0 Å². The smallest absolute Gasteiger partial charge is 0.0138 e. The van der Waals surface area contributed by atoms with E-state index >= 15 is 0 Å². The van der Waals surface area contributed by atoms with Gasteiger partial charge in [-0.2, -0.15) is 0 Å². The molecule has 1 aromatic carbocycles. The van der Waals surface area contributed by atoms with Crippen molar-refractivity contribution in [2.45, 2.75) is 19.8 Å². The van der Waals surface area contributed by atoms with Crippen LogP contribution in [0, 0.1) is 0 Å². The molecule has 0 bridgehead atoms. The van der Waals surface area contributed by atoms with E-state index < -0.39 is 0 Å². The van der Waals surface area contributed by atoms with E-state index in [1.165, 1.54) is 18.4 Å². The zero-order chi connectivity index (χ0) is 10.1. The van der Waals surface area contributed by atoms with E-state index in [2.05, 4.69) is 48.7 Å². The molecule has 1 nitrogen and oxygen atoms in total. The van der Waals surface area contributed by atoms with E-state index in [-0.39, 0.29) is 12.4 Å². The Hall–Kier alpha value is -0.790. The third-order valence-corrected chi connectivity index (χ3v) is 2.08. The van der Waals surface area contributed by atoms with Gasteiger partial charge in [0.15, 0.2) is 0 Å². The van der Waals surface area contributed by atoms with Gasteiger partial charge >= 0.3 is 0 Å². The Balaban J connectivity index is 0.00000196. The van der Waals surface area contributed by atoms with Crippen LogP contribution in [-0.4, -0.2) is 13.1 Å². The average Bonchev–Trinajstić information content (AvgIpc) is 2.25. The third kappa shape index (κ3) is 7.18. The quantitative estimate of drug-likeness (QED) is 0.731. The standard InChI is InChI=1S/C13H19N.ClH/c1-2-3-11-14-12-7-10-13-8-5-4-6-9-13;/h4-10,14H,2-3,11-12H2,1H3;1H. The second-order valence-corrected chi connectivity index (χ2v) is 3.37. The lowest BCUT2D eigenvalue weighted by Crippen LogP contribution is -2.14. The molecule has 0 aliphatic heterocycles. The SMILES string of the molecule is CCCCNCC=Cc1ccccc1.Cl. The number of hydrogen-bond donors (Lipinski definition) is 1. The van der Waals surface area contributed by atoms with Crippen LogP contribution >= 0.6 is 12.4 Å². The molecule has 0 saturated heterocycles. The van der Waals surface area contributed by atoms with Crippen LogP contribution in [0.1, 0.15) is 25.3 Å². The predicted octanol–water partition coefficient (Wildman–Crippen LogP) is 3.51. The summed E-state index contributed by atoms with van der Waals surface area (Å²) >= 11 is 0. The van der Waals surface area contributed by atoms with Gasteiger partial charge in [-0.1, -0.05) is 55.8 Å². The minimum Gasteiger partial charge on any atom is -0.313 e. The molecule has 0 aliphatic carbocycles. The van der Waals surface area contributed by atoms with Crippen LogP contribution in [0.3, 0.4) is 0 Å². The first kappa shape index (κ1) is 14.2. The van der Waals surface area contributed by atoms with Gasteiger partial charge in [0.2, 0.25) is 0 Å². The third-order valence-electron chi connectivity index (χ3n) is 2.08. The lowest BCUT2D eigenvalue weighted by Gasteiger charge is -1.98. The molecule has 0 radical (unpaired) electrons. The molecule has 2 heteroatoms. The molecule has 1 rings (SSSR count). The van der Waals surface area contributed by atoms with E-state index in [0.29, 0.717) is 0 Å².